The molecule has 0 saturated carbocycles. The Hall–Kier alpha value is -1.19. The fourth-order valence-corrected chi connectivity index (χ4v) is 0.797. The highest BCUT2D eigenvalue weighted by molar-refractivity contribution is 5.03. The van der Waals surface area contributed by atoms with Crippen LogP contribution in [0.25, 0.3) is 0 Å². The minimum atomic E-state index is -0.790. The molecule has 60 valence electrons. The molecule has 4 heteroatoms. The van der Waals surface area contributed by atoms with Gasteiger partial charge in [0.1, 0.15) is 5.82 Å². The third kappa shape index (κ3) is 1.45. The third-order valence-corrected chi connectivity index (χ3v) is 1.41. The topological polar surface area (TPSA) is 45.8 Å². The molecule has 0 aromatic carbocycles. The Balaban J connectivity index is 3.32. The van der Waals surface area contributed by atoms with Crippen molar-refractivity contribution in [3.8, 4) is 0 Å². The first kappa shape index (κ1) is 7.91. The molecule has 3 nitrogen and oxygen atoms in total. The summed E-state index contributed by atoms with van der Waals surface area (Å²) in [5, 5.41) is 0. The first-order valence-corrected chi connectivity index (χ1v) is 3.40. The molecule has 0 atom stereocenters. The zero-order valence-electron chi connectivity index (χ0n) is 6.44. The van der Waals surface area contributed by atoms with Crippen LogP contribution in [0.5, 0.6) is 0 Å². The molecular formula is C7H9FN2O. The second-order valence-electron chi connectivity index (χ2n) is 2.27. The molecule has 1 rings (SSSR count). The lowest BCUT2D eigenvalue weighted by Gasteiger charge is -1.97. The lowest BCUT2D eigenvalue weighted by atomic mass is 10.4. The number of hydrogen-bond donors (Lipinski definition) is 1. The van der Waals surface area contributed by atoms with Gasteiger partial charge in [-0.15, -0.1) is 0 Å². The number of halogens is 1. The molecular weight excluding hydrogens is 147 g/mol. The van der Waals surface area contributed by atoms with E-state index in [2.05, 4.69) is 9.97 Å². The normalized spacial score (nSPS) is 10.1. The summed E-state index contributed by atoms with van der Waals surface area (Å²) in [6.45, 7) is 3.32. The number of H-pyrrole nitrogens is 1. The summed E-state index contributed by atoms with van der Waals surface area (Å²) in [5.74, 6) is -0.267. The van der Waals surface area contributed by atoms with Gasteiger partial charge < -0.3 is 4.98 Å². The van der Waals surface area contributed by atoms with E-state index in [1.165, 1.54) is 6.92 Å². The number of aryl methyl sites for hydroxylation is 2. The van der Waals surface area contributed by atoms with E-state index in [4.69, 9.17) is 0 Å². The maximum atomic E-state index is 12.6. The molecule has 0 fully saturated rings. The lowest BCUT2D eigenvalue weighted by Crippen LogP contribution is -2.16. The van der Waals surface area contributed by atoms with Gasteiger partial charge in [-0.05, 0) is 6.92 Å². The molecule has 0 unspecified atom stereocenters. The van der Waals surface area contributed by atoms with E-state index in [1.807, 2.05) is 6.92 Å². The number of nitrogens with one attached hydrogen (secondary N) is 1. The fraction of sp³-hybridized carbons (Fsp3) is 0.429. The van der Waals surface area contributed by atoms with Gasteiger partial charge in [0.05, 0.1) is 5.69 Å². The first-order chi connectivity index (χ1) is 5.15. The number of aromatic amines is 1. The van der Waals surface area contributed by atoms with Crippen molar-refractivity contribution in [1.82, 2.24) is 9.97 Å². The quantitative estimate of drug-likeness (QED) is 0.653. The van der Waals surface area contributed by atoms with Crippen molar-refractivity contribution in [2.24, 2.45) is 0 Å². The Labute approximate surface area is 63.3 Å². The van der Waals surface area contributed by atoms with Crippen molar-refractivity contribution >= 4 is 0 Å². The van der Waals surface area contributed by atoms with Crippen molar-refractivity contribution in [3.05, 3.63) is 27.7 Å². The standard InChI is InChI=1S/C7H9FN2O/c1-3-5-9-4(2)6(8)7(11)10-5/h3H2,1-2H3,(H,9,10,11). The van der Waals surface area contributed by atoms with E-state index in [0.717, 1.165) is 0 Å². The summed E-state index contributed by atoms with van der Waals surface area (Å²) < 4.78 is 12.6. The molecule has 0 aliphatic heterocycles. The average molecular weight is 156 g/mol. The van der Waals surface area contributed by atoms with Gasteiger partial charge in [-0.2, -0.15) is 4.39 Å². The fourth-order valence-electron chi connectivity index (χ4n) is 0.797. The Kier molecular flexibility index (Phi) is 2.03. The number of hydrogen-bond acceptors (Lipinski definition) is 2. The van der Waals surface area contributed by atoms with Crippen molar-refractivity contribution in [2.75, 3.05) is 0 Å². The van der Waals surface area contributed by atoms with Crippen molar-refractivity contribution in [2.45, 2.75) is 20.3 Å². The highest BCUT2D eigenvalue weighted by Gasteiger charge is 2.04. The highest BCUT2D eigenvalue weighted by Crippen LogP contribution is 1.95. The van der Waals surface area contributed by atoms with Crippen LogP contribution in [0.4, 0.5) is 4.39 Å². The number of nitrogens with zero attached hydrogens (tertiary/aromatic N) is 1. The van der Waals surface area contributed by atoms with Crippen molar-refractivity contribution < 1.29 is 4.39 Å². The maximum absolute atomic E-state index is 12.6. The highest BCUT2D eigenvalue weighted by atomic mass is 19.1. The van der Waals surface area contributed by atoms with Gasteiger partial charge in [-0.1, -0.05) is 6.92 Å². The van der Waals surface area contributed by atoms with Crippen LogP contribution >= 0.6 is 0 Å². The summed E-state index contributed by atoms with van der Waals surface area (Å²) in [7, 11) is 0. The van der Waals surface area contributed by atoms with E-state index in [1.54, 1.807) is 0 Å². The number of aromatic nitrogens is 2. The van der Waals surface area contributed by atoms with Crippen molar-refractivity contribution in [3.63, 3.8) is 0 Å². The molecule has 1 aromatic rings. The first-order valence-electron chi connectivity index (χ1n) is 3.40. The van der Waals surface area contributed by atoms with E-state index in [-0.39, 0.29) is 5.69 Å². The van der Waals surface area contributed by atoms with E-state index in [9.17, 15) is 9.18 Å². The van der Waals surface area contributed by atoms with Crippen molar-refractivity contribution in [1.29, 1.82) is 0 Å². The minimum absolute atomic E-state index is 0.158. The molecule has 0 aliphatic carbocycles. The average Bonchev–Trinajstić information content (AvgIpc) is 1.99. The zero-order valence-corrected chi connectivity index (χ0v) is 6.44. The van der Waals surface area contributed by atoms with Crippen LogP contribution in [0.1, 0.15) is 18.4 Å². The lowest BCUT2D eigenvalue weighted by molar-refractivity contribution is 0.582. The summed E-state index contributed by atoms with van der Waals surface area (Å²) >= 11 is 0. The Bertz CT molecular complexity index is 319. The van der Waals surface area contributed by atoms with Gasteiger partial charge in [-0.25, -0.2) is 4.98 Å². The predicted molar refractivity (Wildman–Crippen MR) is 38.9 cm³/mol. The summed E-state index contributed by atoms with van der Waals surface area (Å²) in [6.07, 6.45) is 0.607. The Morgan fingerprint density at radius 3 is 2.73 bits per heavy atom. The van der Waals surface area contributed by atoms with Gasteiger partial charge in [0.25, 0.3) is 5.56 Å². The predicted octanol–water partition coefficient (Wildman–Crippen LogP) is 0.780. The van der Waals surface area contributed by atoms with Crippen LogP contribution in [0.2, 0.25) is 0 Å². The molecule has 0 amide bonds. The van der Waals surface area contributed by atoms with Gasteiger partial charge in [-0.3, -0.25) is 4.79 Å². The van der Waals surface area contributed by atoms with Crippen LogP contribution in [0, 0.1) is 12.7 Å². The molecule has 0 radical (unpaired) electrons. The summed E-state index contributed by atoms with van der Waals surface area (Å²) in [6, 6.07) is 0. The third-order valence-electron chi connectivity index (χ3n) is 1.41. The molecule has 0 spiro atoms. The molecule has 1 heterocycles. The Morgan fingerprint density at radius 2 is 2.27 bits per heavy atom. The number of rotatable bonds is 1. The molecule has 11 heavy (non-hydrogen) atoms. The molecule has 0 saturated heterocycles. The van der Waals surface area contributed by atoms with E-state index < -0.39 is 11.4 Å². The second-order valence-corrected chi connectivity index (χ2v) is 2.27. The summed E-state index contributed by atoms with van der Waals surface area (Å²) in [5.41, 5.74) is -0.528. The Morgan fingerprint density at radius 1 is 1.64 bits per heavy atom. The largest absolute Gasteiger partial charge is 0.308 e. The smallest absolute Gasteiger partial charge is 0.287 e. The van der Waals surface area contributed by atoms with Gasteiger partial charge in [0.15, 0.2) is 0 Å². The molecule has 0 bridgehead atoms. The van der Waals surface area contributed by atoms with Crippen LogP contribution in [-0.4, -0.2) is 9.97 Å². The molecule has 0 aliphatic rings. The van der Waals surface area contributed by atoms with Crippen LogP contribution in [-0.2, 0) is 6.42 Å². The van der Waals surface area contributed by atoms with Gasteiger partial charge in [0, 0.05) is 6.42 Å². The summed E-state index contributed by atoms with van der Waals surface area (Å²) in [4.78, 5) is 16.9. The SMILES string of the molecule is CCc1nc(C)c(F)c(=O)[nH]1. The van der Waals surface area contributed by atoms with E-state index in [0.29, 0.717) is 12.2 Å². The van der Waals surface area contributed by atoms with Crippen LogP contribution < -0.4 is 5.56 Å². The minimum Gasteiger partial charge on any atom is -0.308 e. The van der Waals surface area contributed by atoms with Gasteiger partial charge in [0.2, 0.25) is 5.82 Å². The zero-order chi connectivity index (χ0) is 8.43. The van der Waals surface area contributed by atoms with Gasteiger partial charge >= 0.3 is 0 Å². The second kappa shape index (κ2) is 2.82. The molecule has 1 N–H and O–H groups in total. The monoisotopic (exact) mass is 156 g/mol. The maximum Gasteiger partial charge on any atom is 0.287 e. The van der Waals surface area contributed by atoms with Crippen LogP contribution in [0.3, 0.4) is 0 Å². The molecule has 1 aromatic heterocycles. The van der Waals surface area contributed by atoms with Crippen LogP contribution in [0.15, 0.2) is 4.79 Å². The van der Waals surface area contributed by atoms with E-state index >= 15 is 0 Å².